The van der Waals surface area contributed by atoms with Gasteiger partial charge in [-0.05, 0) is 33.1 Å². The van der Waals surface area contributed by atoms with Gasteiger partial charge in [-0.1, -0.05) is 27.2 Å². The van der Waals surface area contributed by atoms with E-state index >= 15 is 0 Å². The number of aliphatic hydroxyl groups excluding tert-OH is 1. The Balaban J connectivity index is 2.41. The maximum Gasteiger partial charge on any atom is 0.311 e. The van der Waals surface area contributed by atoms with Crippen LogP contribution in [0.2, 0.25) is 0 Å². The fourth-order valence-corrected chi connectivity index (χ4v) is 2.54. The van der Waals surface area contributed by atoms with Gasteiger partial charge in [0.15, 0.2) is 0 Å². The summed E-state index contributed by atoms with van der Waals surface area (Å²) in [5.41, 5.74) is -0.485. The third kappa shape index (κ3) is 5.26. The van der Waals surface area contributed by atoms with Crippen molar-refractivity contribution in [1.82, 2.24) is 0 Å². The first-order chi connectivity index (χ1) is 9.66. The lowest BCUT2D eigenvalue weighted by atomic mass is 9.91. The lowest BCUT2D eigenvalue weighted by Crippen LogP contribution is -2.29. The van der Waals surface area contributed by atoms with Crippen molar-refractivity contribution < 1.29 is 19.4 Å². The molecule has 1 aliphatic heterocycles. The van der Waals surface area contributed by atoms with Crippen molar-refractivity contribution in [3.63, 3.8) is 0 Å². The topological polar surface area (TPSA) is 55.8 Å². The maximum absolute atomic E-state index is 11.7. The Hall–Kier alpha value is -0.610. The van der Waals surface area contributed by atoms with E-state index < -0.39 is 11.5 Å². The molecule has 4 nitrogen and oxygen atoms in total. The minimum Gasteiger partial charge on any atom is -0.465 e. The zero-order valence-electron chi connectivity index (χ0n) is 14.4. The number of ether oxygens (including phenoxy) is 2. The van der Waals surface area contributed by atoms with Crippen molar-refractivity contribution >= 4 is 5.97 Å². The summed E-state index contributed by atoms with van der Waals surface area (Å²) in [5.74, 6) is 0.531. The largest absolute Gasteiger partial charge is 0.465 e. The molecule has 0 saturated carbocycles. The van der Waals surface area contributed by atoms with Gasteiger partial charge in [0.1, 0.15) is 0 Å². The standard InChI is InChI=1S/C17H32O4/c1-7-11(2)10-14-12(3)15(18)13(21-14)8-9-20-16(19)17(4,5)6/h11-15,18H,7-10H2,1-6H3/t11-,12+,13+,14-,15-/m1/s1. The monoisotopic (exact) mass is 300 g/mol. The van der Waals surface area contributed by atoms with E-state index in [-0.39, 0.29) is 24.1 Å². The molecule has 0 unspecified atom stereocenters. The van der Waals surface area contributed by atoms with E-state index in [4.69, 9.17) is 9.47 Å². The summed E-state index contributed by atoms with van der Waals surface area (Å²) in [6, 6.07) is 0. The van der Waals surface area contributed by atoms with Crippen LogP contribution in [0.3, 0.4) is 0 Å². The number of aliphatic hydroxyl groups is 1. The van der Waals surface area contributed by atoms with Crippen LogP contribution in [0.1, 0.15) is 60.8 Å². The molecule has 21 heavy (non-hydrogen) atoms. The molecule has 1 saturated heterocycles. The van der Waals surface area contributed by atoms with E-state index in [1.165, 1.54) is 0 Å². The summed E-state index contributed by atoms with van der Waals surface area (Å²) >= 11 is 0. The molecule has 1 heterocycles. The lowest BCUT2D eigenvalue weighted by molar-refractivity contribution is -0.154. The van der Waals surface area contributed by atoms with Crippen LogP contribution in [-0.2, 0) is 14.3 Å². The molecule has 1 N–H and O–H groups in total. The molecule has 1 fully saturated rings. The molecule has 124 valence electrons. The van der Waals surface area contributed by atoms with Crippen LogP contribution in [0.4, 0.5) is 0 Å². The predicted octanol–water partition coefficient (Wildman–Crippen LogP) is 3.17. The number of rotatable bonds is 6. The van der Waals surface area contributed by atoms with E-state index in [1.807, 2.05) is 27.7 Å². The lowest BCUT2D eigenvalue weighted by Gasteiger charge is -2.19. The molecule has 0 amide bonds. The fourth-order valence-electron chi connectivity index (χ4n) is 2.54. The van der Waals surface area contributed by atoms with Crippen LogP contribution >= 0.6 is 0 Å². The van der Waals surface area contributed by atoms with Gasteiger partial charge in [-0.3, -0.25) is 4.79 Å². The maximum atomic E-state index is 11.7. The number of hydrogen-bond donors (Lipinski definition) is 1. The molecular weight excluding hydrogens is 268 g/mol. The molecule has 4 heteroatoms. The van der Waals surface area contributed by atoms with Crippen LogP contribution < -0.4 is 0 Å². The average molecular weight is 300 g/mol. The van der Waals surface area contributed by atoms with Crippen LogP contribution in [-0.4, -0.2) is 36.0 Å². The molecule has 5 atom stereocenters. The summed E-state index contributed by atoms with van der Waals surface area (Å²) in [6.07, 6.45) is 2.08. The van der Waals surface area contributed by atoms with Gasteiger partial charge in [0.05, 0.1) is 30.3 Å². The highest BCUT2D eigenvalue weighted by Crippen LogP contribution is 2.33. The van der Waals surface area contributed by atoms with Gasteiger partial charge < -0.3 is 14.6 Å². The van der Waals surface area contributed by atoms with E-state index in [2.05, 4.69) is 13.8 Å². The predicted molar refractivity (Wildman–Crippen MR) is 82.9 cm³/mol. The summed E-state index contributed by atoms with van der Waals surface area (Å²) < 4.78 is 11.2. The van der Waals surface area contributed by atoms with Crippen molar-refractivity contribution in [2.45, 2.75) is 79.1 Å². The number of carbonyl (C=O) groups excluding carboxylic acids is 1. The molecule has 0 aromatic rings. The molecule has 0 spiro atoms. The summed E-state index contributed by atoms with van der Waals surface area (Å²) in [6.45, 7) is 12.2. The molecule has 1 aliphatic rings. The Morgan fingerprint density at radius 2 is 1.95 bits per heavy atom. The molecular formula is C17H32O4. The van der Waals surface area contributed by atoms with Gasteiger partial charge in [-0.15, -0.1) is 0 Å². The quantitative estimate of drug-likeness (QED) is 0.766. The van der Waals surface area contributed by atoms with Gasteiger partial charge in [0.2, 0.25) is 0 Å². The van der Waals surface area contributed by atoms with Gasteiger partial charge in [0.25, 0.3) is 0 Å². The van der Waals surface area contributed by atoms with Gasteiger partial charge in [-0.25, -0.2) is 0 Å². The van der Waals surface area contributed by atoms with E-state index in [0.717, 1.165) is 12.8 Å². The Labute approximate surface area is 129 Å². The fraction of sp³-hybridized carbons (Fsp3) is 0.941. The molecule has 0 bridgehead atoms. The SMILES string of the molecule is CC[C@@H](C)C[C@H]1O[C@@H](CCOC(=O)C(C)(C)C)[C@H](O)[C@H]1C. The van der Waals surface area contributed by atoms with Crippen molar-refractivity contribution in [2.24, 2.45) is 17.3 Å². The van der Waals surface area contributed by atoms with E-state index in [9.17, 15) is 9.90 Å². The van der Waals surface area contributed by atoms with Crippen LogP contribution in [0.25, 0.3) is 0 Å². The Kier molecular flexibility index (Phi) is 6.67. The second-order valence-electron chi connectivity index (χ2n) is 7.49. The normalized spacial score (nSPS) is 31.2. The van der Waals surface area contributed by atoms with E-state index in [0.29, 0.717) is 18.9 Å². The molecule has 0 aliphatic carbocycles. The first-order valence-corrected chi connectivity index (χ1v) is 8.17. The second kappa shape index (κ2) is 7.59. The molecule has 0 radical (unpaired) electrons. The third-order valence-corrected chi connectivity index (χ3v) is 4.44. The van der Waals surface area contributed by atoms with Crippen molar-refractivity contribution in [3.05, 3.63) is 0 Å². The minimum atomic E-state index is -0.485. The zero-order valence-corrected chi connectivity index (χ0v) is 14.4. The highest BCUT2D eigenvalue weighted by Gasteiger charge is 2.40. The Morgan fingerprint density at radius 1 is 1.33 bits per heavy atom. The van der Waals surface area contributed by atoms with Crippen molar-refractivity contribution in [1.29, 1.82) is 0 Å². The zero-order chi connectivity index (χ0) is 16.2. The smallest absolute Gasteiger partial charge is 0.311 e. The Bertz CT molecular complexity index is 334. The molecule has 1 rings (SSSR count). The van der Waals surface area contributed by atoms with Crippen LogP contribution in [0, 0.1) is 17.3 Å². The summed E-state index contributed by atoms with van der Waals surface area (Å²) in [7, 11) is 0. The van der Waals surface area contributed by atoms with Gasteiger partial charge >= 0.3 is 5.97 Å². The van der Waals surface area contributed by atoms with E-state index in [1.54, 1.807) is 0 Å². The minimum absolute atomic E-state index is 0.110. The number of carbonyl (C=O) groups is 1. The number of hydrogen-bond acceptors (Lipinski definition) is 4. The third-order valence-electron chi connectivity index (χ3n) is 4.44. The van der Waals surface area contributed by atoms with Crippen molar-refractivity contribution in [3.8, 4) is 0 Å². The van der Waals surface area contributed by atoms with Gasteiger partial charge in [-0.2, -0.15) is 0 Å². The Morgan fingerprint density at radius 3 is 2.48 bits per heavy atom. The second-order valence-corrected chi connectivity index (χ2v) is 7.49. The van der Waals surface area contributed by atoms with Crippen LogP contribution in [0.5, 0.6) is 0 Å². The first kappa shape index (κ1) is 18.4. The van der Waals surface area contributed by atoms with Crippen molar-refractivity contribution in [2.75, 3.05) is 6.61 Å². The average Bonchev–Trinajstić information content (AvgIpc) is 2.66. The number of esters is 1. The molecule has 0 aromatic heterocycles. The summed E-state index contributed by atoms with van der Waals surface area (Å²) in [5, 5.41) is 10.3. The summed E-state index contributed by atoms with van der Waals surface area (Å²) in [4.78, 5) is 11.7. The molecule has 0 aromatic carbocycles. The highest BCUT2D eigenvalue weighted by atomic mass is 16.5. The first-order valence-electron chi connectivity index (χ1n) is 8.17. The van der Waals surface area contributed by atoms with Gasteiger partial charge in [0, 0.05) is 12.3 Å². The highest BCUT2D eigenvalue weighted by molar-refractivity contribution is 5.75. The van der Waals surface area contributed by atoms with Crippen LogP contribution in [0.15, 0.2) is 0 Å².